The first-order valence-corrected chi connectivity index (χ1v) is 7.47. The fraction of sp³-hybridized carbons (Fsp3) is 0.667. The lowest BCUT2D eigenvalue weighted by Crippen LogP contribution is -2.47. The average molecular weight is 308 g/mol. The van der Waals surface area contributed by atoms with Crippen LogP contribution in [0.4, 0.5) is 4.79 Å². The Kier molecular flexibility index (Phi) is 3.58. The van der Waals surface area contributed by atoms with Crippen molar-refractivity contribution in [3.8, 4) is 0 Å². The highest BCUT2D eigenvalue weighted by atomic mass is 16.6. The van der Waals surface area contributed by atoms with E-state index in [2.05, 4.69) is 5.32 Å². The van der Waals surface area contributed by atoms with E-state index in [1.165, 1.54) is 13.8 Å². The van der Waals surface area contributed by atoms with Crippen molar-refractivity contribution in [2.75, 3.05) is 13.2 Å². The van der Waals surface area contributed by atoms with Gasteiger partial charge < -0.3 is 19.7 Å². The Labute approximate surface area is 128 Å². The van der Waals surface area contributed by atoms with Gasteiger partial charge in [-0.25, -0.2) is 4.79 Å². The van der Waals surface area contributed by atoms with Gasteiger partial charge in [-0.15, -0.1) is 0 Å². The number of urea groups is 1. The Balaban J connectivity index is 1.76. The van der Waals surface area contributed by atoms with Gasteiger partial charge in [0.15, 0.2) is 0 Å². The van der Waals surface area contributed by atoms with Crippen LogP contribution in [0.3, 0.4) is 0 Å². The maximum Gasteiger partial charge on any atom is 0.321 e. The first-order valence-electron chi connectivity index (χ1n) is 7.47. The maximum atomic E-state index is 12.0. The van der Waals surface area contributed by atoms with Crippen LogP contribution < -0.4 is 5.32 Å². The van der Waals surface area contributed by atoms with Crippen LogP contribution in [-0.4, -0.2) is 48.2 Å². The molecule has 0 bridgehead atoms. The standard InChI is InChI=1S/C15H20N2O5/c1-9(18)21-8-15-7-11(15)12(6-13(15)22-10(2)19)17-5-3-4-16-14(17)20/h3-4,11-13H,5-8H2,1-2H3,(H,16,20)/t11-,12+,13+,15+/m1/s1. The Bertz CT molecular complexity index is 546. The molecule has 2 saturated carbocycles. The maximum absolute atomic E-state index is 12.0. The van der Waals surface area contributed by atoms with Crippen molar-refractivity contribution in [3.05, 3.63) is 12.3 Å². The van der Waals surface area contributed by atoms with Crippen LogP contribution in [0.2, 0.25) is 0 Å². The third-order valence-electron chi connectivity index (χ3n) is 4.88. The van der Waals surface area contributed by atoms with Crippen molar-refractivity contribution in [1.82, 2.24) is 10.2 Å². The molecule has 4 atom stereocenters. The molecule has 1 N–H and O–H groups in total. The topological polar surface area (TPSA) is 84.9 Å². The van der Waals surface area contributed by atoms with Gasteiger partial charge in [-0.05, 0) is 18.4 Å². The minimum absolute atomic E-state index is 0.00450. The molecule has 0 unspecified atom stereocenters. The molecule has 0 aromatic rings. The van der Waals surface area contributed by atoms with Gasteiger partial charge in [0, 0.05) is 44.5 Å². The predicted octanol–water partition coefficient (Wildman–Crippen LogP) is 0.799. The molecular weight excluding hydrogens is 288 g/mol. The zero-order chi connectivity index (χ0) is 15.9. The van der Waals surface area contributed by atoms with Crippen LogP contribution >= 0.6 is 0 Å². The summed E-state index contributed by atoms with van der Waals surface area (Å²) in [6, 6.07) is -0.130. The summed E-state index contributed by atoms with van der Waals surface area (Å²) in [5, 5.41) is 2.68. The molecule has 0 aromatic carbocycles. The molecule has 1 aliphatic heterocycles. The van der Waals surface area contributed by atoms with E-state index in [1.54, 1.807) is 11.1 Å². The van der Waals surface area contributed by atoms with Crippen LogP contribution in [-0.2, 0) is 19.1 Å². The van der Waals surface area contributed by atoms with E-state index < -0.39 is 0 Å². The van der Waals surface area contributed by atoms with E-state index in [0.29, 0.717) is 13.0 Å². The number of esters is 2. The smallest absolute Gasteiger partial charge is 0.321 e. The van der Waals surface area contributed by atoms with Crippen LogP contribution in [0.25, 0.3) is 0 Å². The molecule has 1 heterocycles. The van der Waals surface area contributed by atoms with Gasteiger partial charge in [0.05, 0.1) is 0 Å². The summed E-state index contributed by atoms with van der Waals surface area (Å²) in [5.41, 5.74) is -0.330. The second kappa shape index (κ2) is 5.30. The molecule has 0 aromatic heterocycles. The summed E-state index contributed by atoms with van der Waals surface area (Å²) in [5.74, 6) is -0.487. The average Bonchev–Trinajstić information content (AvgIpc) is 3.11. The van der Waals surface area contributed by atoms with Gasteiger partial charge in [0.1, 0.15) is 12.7 Å². The van der Waals surface area contributed by atoms with E-state index in [0.717, 1.165) is 6.42 Å². The largest absolute Gasteiger partial charge is 0.465 e. The highest BCUT2D eigenvalue weighted by Crippen LogP contribution is 2.65. The first-order chi connectivity index (χ1) is 10.4. The summed E-state index contributed by atoms with van der Waals surface area (Å²) in [4.78, 5) is 36.3. The number of fused-ring (bicyclic) bond motifs is 1. The normalized spacial score (nSPS) is 35.6. The third-order valence-corrected chi connectivity index (χ3v) is 4.88. The van der Waals surface area contributed by atoms with Crippen molar-refractivity contribution >= 4 is 18.0 Å². The number of amides is 2. The number of hydrogen-bond acceptors (Lipinski definition) is 5. The molecule has 22 heavy (non-hydrogen) atoms. The summed E-state index contributed by atoms with van der Waals surface area (Å²) < 4.78 is 10.6. The Morgan fingerprint density at radius 1 is 1.41 bits per heavy atom. The number of carbonyl (C=O) groups is 3. The van der Waals surface area contributed by atoms with Crippen LogP contribution in [0.5, 0.6) is 0 Å². The van der Waals surface area contributed by atoms with Crippen molar-refractivity contribution in [1.29, 1.82) is 0 Å². The summed E-state index contributed by atoms with van der Waals surface area (Å²) in [6.45, 7) is 3.53. The first kappa shape index (κ1) is 14.9. The third kappa shape index (κ3) is 2.44. The molecule has 2 aliphatic carbocycles. The van der Waals surface area contributed by atoms with Gasteiger partial charge in [0.25, 0.3) is 0 Å². The molecule has 0 spiro atoms. The fourth-order valence-electron chi connectivity index (χ4n) is 3.81. The zero-order valence-corrected chi connectivity index (χ0v) is 12.7. The lowest BCUT2D eigenvalue weighted by molar-refractivity contribution is -0.153. The van der Waals surface area contributed by atoms with Crippen LogP contribution in [0, 0.1) is 11.3 Å². The van der Waals surface area contributed by atoms with E-state index in [4.69, 9.17) is 9.47 Å². The van der Waals surface area contributed by atoms with Crippen molar-refractivity contribution in [2.24, 2.45) is 11.3 Å². The van der Waals surface area contributed by atoms with E-state index in [1.807, 2.05) is 6.08 Å². The SMILES string of the molecule is CC(=O)OC[C@@]12C[C@@H]1[C@@H](N1CC=CNC1=O)C[C@@H]2OC(C)=O. The zero-order valence-electron chi connectivity index (χ0n) is 12.7. The highest BCUT2D eigenvalue weighted by molar-refractivity contribution is 5.77. The van der Waals surface area contributed by atoms with E-state index >= 15 is 0 Å². The molecule has 3 aliphatic rings. The monoisotopic (exact) mass is 308 g/mol. The highest BCUT2D eigenvalue weighted by Gasteiger charge is 2.70. The second-order valence-electron chi connectivity index (χ2n) is 6.23. The quantitative estimate of drug-likeness (QED) is 0.777. The molecule has 7 nitrogen and oxygen atoms in total. The summed E-state index contributed by atoms with van der Waals surface area (Å²) in [6.07, 6.45) is 4.61. The molecule has 120 valence electrons. The number of nitrogens with zero attached hydrogens (tertiary/aromatic N) is 1. The van der Waals surface area contributed by atoms with Gasteiger partial charge in [0.2, 0.25) is 0 Å². The number of nitrogens with one attached hydrogen (secondary N) is 1. The van der Waals surface area contributed by atoms with Crippen LogP contribution in [0.1, 0.15) is 26.7 Å². The Hall–Kier alpha value is -2.05. The van der Waals surface area contributed by atoms with Gasteiger partial charge in [-0.1, -0.05) is 0 Å². The molecule has 2 amide bonds. The molecule has 0 radical (unpaired) electrons. The van der Waals surface area contributed by atoms with Gasteiger partial charge >= 0.3 is 18.0 Å². The number of hydrogen-bond donors (Lipinski definition) is 1. The number of ether oxygens (including phenoxy) is 2. The Morgan fingerprint density at radius 2 is 2.18 bits per heavy atom. The van der Waals surface area contributed by atoms with Crippen molar-refractivity contribution in [2.45, 2.75) is 38.8 Å². The minimum atomic E-state index is -0.346. The van der Waals surface area contributed by atoms with Crippen LogP contribution in [0.15, 0.2) is 12.3 Å². The molecular formula is C15H20N2O5. The van der Waals surface area contributed by atoms with Crippen molar-refractivity contribution in [3.63, 3.8) is 0 Å². The number of rotatable bonds is 4. The van der Waals surface area contributed by atoms with E-state index in [9.17, 15) is 14.4 Å². The van der Waals surface area contributed by atoms with Gasteiger partial charge in [-0.3, -0.25) is 9.59 Å². The lowest BCUT2D eigenvalue weighted by atomic mass is 10.0. The minimum Gasteiger partial charge on any atom is -0.465 e. The van der Waals surface area contributed by atoms with Gasteiger partial charge in [-0.2, -0.15) is 0 Å². The summed E-state index contributed by atoms with van der Waals surface area (Å²) >= 11 is 0. The summed E-state index contributed by atoms with van der Waals surface area (Å²) in [7, 11) is 0. The molecule has 0 saturated heterocycles. The lowest BCUT2D eigenvalue weighted by Gasteiger charge is -2.31. The predicted molar refractivity (Wildman–Crippen MR) is 75.5 cm³/mol. The van der Waals surface area contributed by atoms with Crippen molar-refractivity contribution < 1.29 is 23.9 Å². The number of carbonyl (C=O) groups excluding carboxylic acids is 3. The molecule has 3 rings (SSSR count). The molecule has 2 fully saturated rings. The fourth-order valence-corrected chi connectivity index (χ4v) is 3.81. The second-order valence-corrected chi connectivity index (χ2v) is 6.23. The Morgan fingerprint density at radius 3 is 2.82 bits per heavy atom. The molecule has 7 heteroatoms. The van der Waals surface area contributed by atoms with E-state index in [-0.39, 0.29) is 48.1 Å².